The Hall–Kier alpha value is -1.99. The number of nitrogens with two attached hydrogens (primary N) is 1. The van der Waals surface area contributed by atoms with Crippen molar-refractivity contribution >= 4 is 11.8 Å². The lowest BCUT2D eigenvalue weighted by atomic mass is 9.94. The number of hydrogen-bond acceptors (Lipinski definition) is 4. The zero-order valence-corrected chi connectivity index (χ0v) is 17.5. The third-order valence-electron chi connectivity index (χ3n) is 6.90. The number of carbonyl (C=O) groups excluding carboxylic acids is 2. The van der Waals surface area contributed by atoms with Gasteiger partial charge in [0, 0.05) is 31.8 Å². The van der Waals surface area contributed by atoms with E-state index in [0.29, 0.717) is 38.4 Å². The Bertz CT molecular complexity index is 769. The van der Waals surface area contributed by atoms with Gasteiger partial charge in [-0.2, -0.15) is 0 Å². The number of halogens is 1. The minimum atomic E-state index is -0.982. The van der Waals surface area contributed by atoms with Gasteiger partial charge in [0.15, 0.2) is 0 Å². The highest BCUT2D eigenvalue weighted by Crippen LogP contribution is 2.47. The fraction of sp³-hybridized carbons (Fsp3) is 0.652. The van der Waals surface area contributed by atoms with E-state index in [2.05, 4.69) is 4.90 Å². The molecule has 2 saturated heterocycles. The molecule has 1 unspecified atom stereocenters. The van der Waals surface area contributed by atoms with Crippen LogP contribution < -0.4 is 5.73 Å². The van der Waals surface area contributed by atoms with Crippen molar-refractivity contribution in [1.82, 2.24) is 9.80 Å². The fourth-order valence-corrected chi connectivity index (χ4v) is 4.77. The summed E-state index contributed by atoms with van der Waals surface area (Å²) in [6.07, 6.45) is 5.05. The number of likely N-dealkylation sites (tertiary alicyclic amines) is 1. The highest BCUT2D eigenvalue weighted by Gasteiger charge is 2.57. The molecule has 3 aliphatic rings. The number of primary amides is 1. The summed E-state index contributed by atoms with van der Waals surface area (Å²) >= 11 is 0. The second-order valence-corrected chi connectivity index (χ2v) is 9.10. The summed E-state index contributed by atoms with van der Waals surface area (Å²) in [5, 5.41) is 0. The molecular weight excluding hydrogens is 385 g/mol. The van der Waals surface area contributed by atoms with Gasteiger partial charge in [-0.1, -0.05) is 18.2 Å². The van der Waals surface area contributed by atoms with Crippen LogP contribution in [0.1, 0.15) is 44.1 Å². The zero-order chi connectivity index (χ0) is 21.1. The molecule has 0 aromatic heterocycles. The van der Waals surface area contributed by atoms with Gasteiger partial charge in [-0.25, -0.2) is 4.39 Å². The van der Waals surface area contributed by atoms with Gasteiger partial charge < -0.3 is 15.4 Å². The molecule has 2 heterocycles. The quantitative estimate of drug-likeness (QED) is 0.659. The molecule has 4 rings (SSSR count). The second-order valence-electron chi connectivity index (χ2n) is 9.10. The largest absolute Gasteiger partial charge is 0.376 e. The molecule has 2 amide bonds. The predicted molar refractivity (Wildman–Crippen MR) is 111 cm³/mol. The van der Waals surface area contributed by atoms with E-state index in [4.69, 9.17) is 10.5 Å². The molecule has 164 valence electrons. The Morgan fingerprint density at radius 1 is 1.17 bits per heavy atom. The highest BCUT2D eigenvalue weighted by atomic mass is 19.1. The van der Waals surface area contributed by atoms with Crippen LogP contribution in [0, 0.1) is 17.2 Å². The summed E-state index contributed by atoms with van der Waals surface area (Å²) in [5.74, 6) is -0.395. The molecule has 1 aromatic carbocycles. The highest BCUT2D eigenvalue weighted by molar-refractivity contribution is 6.07. The average Bonchev–Trinajstić information content (AvgIpc) is 3.41. The van der Waals surface area contributed by atoms with Gasteiger partial charge in [0.2, 0.25) is 11.8 Å². The van der Waals surface area contributed by atoms with Gasteiger partial charge in [-0.3, -0.25) is 14.5 Å². The van der Waals surface area contributed by atoms with E-state index in [0.717, 1.165) is 50.9 Å². The summed E-state index contributed by atoms with van der Waals surface area (Å²) in [7, 11) is 0. The Kier molecular flexibility index (Phi) is 6.39. The van der Waals surface area contributed by atoms with Crippen LogP contribution in [0.15, 0.2) is 24.3 Å². The van der Waals surface area contributed by atoms with Crippen molar-refractivity contribution in [3.05, 3.63) is 35.6 Å². The molecule has 1 aliphatic carbocycles. The van der Waals surface area contributed by atoms with Crippen molar-refractivity contribution in [2.24, 2.45) is 17.1 Å². The molecular formula is C23H32FN3O3. The average molecular weight is 418 g/mol. The number of amides is 2. The molecule has 1 saturated carbocycles. The normalized spacial score (nSPS) is 24.0. The number of piperidine rings is 1. The SMILES string of the molecule is NC(=O)C1(C(=O)N(CC2CCN(Cc3ccccc3F)CC2)CC2CCCO2)CC1. The van der Waals surface area contributed by atoms with Crippen molar-refractivity contribution in [3.63, 3.8) is 0 Å². The zero-order valence-electron chi connectivity index (χ0n) is 17.5. The van der Waals surface area contributed by atoms with Gasteiger partial charge in [-0.05, 0) is 63.6 Å². The molecule has 30 heavy (non-hydrogen) atoms. The van der Waals surface area contributed by atoms with Crippen molar-refractivity contribution in [3.8, 4) is 0 Å². The van der Waals surface area contributed by atoms with Gasteiger partial charge >= 0.3 is 0 Å². The Morgan fingerprint density at radius 3 is 2.50 bits per heavy atom. The maximum Gasteiger partial charge on any atom is 0.238 e. The van der Waals surface area contributed by atoms with E-state index in [1.54, 1.807) is 6.07 Å². The lowest BCUT2D eigenvalue weighted by Gasteiger charge is -2.36. The molecule has 6 nitrogen and oxygen atoms in total. The van der Waals surface area contributed by atoms with Crippen LogP contribution in [0.3, 0.4) is 0 Å². The Morgan fingerprint density at radius 2 is 1.90 bits per heavy atom. The van der Waals surface area contributed by atoms with Gasteiger partial charge in [0.05, 0.1) is 6.10 Å². The van der Waals surface area contributed by atoms with Crippen LogP contribution in [-0.4, -0.2) is 60.5 Å². The van der Waals surface area contributed by atoms with Gasteiger partial charge in [-0.15, -0.1) is 0 Å². The molecule has 0 bridgehead atoms. The minimum absolute atomic E-state index is 0.0544. The molecule has 2 aliphatic heterocycles. The third kappa shape index (κ3) is 4.67. The van der Waals surface area contributed by atoms with Gasteiger partial charge in [0.25, 0.3) is 0 Å². The maximum absolute atomic E-state index is 13.9. The van der Waals surface area contributed by atoms with Crippen LogP contribution in [0.4, 0.5) is 4.39 Å². The van der Waals surface area contributed by atoms with E-state index in [1.165, 1.54) is 6.07 Å². The molecule has 2 N–H and O–H groups in total. The maximum atomic E-state index is 13.9. The fourth-order valence-electron chi connectivity index (χ4n) is 4.77. The van der Waals surface area contributed by atoms with Crippen LogP contribution >= 0.6 is 0 Å². The number of nitrogens with zero attached hydrogens (tertiary/aromatic N) is 2. The number of carbonyl (C=O) groups is 2. The molecule has 0 radical (unpaired) electrons. The van der Waals surface area contributed by atoms with Crippen molar-refractivity contribution in [1.29, 1.82) is 0 Å². The lowest BCUT2D eigenvalue weighted by Crippen LogP contribution is -2.49. The number of ether oxygens (including phenoxy) is 1. The van der Waals surface area contributed by atoms with E-state index >= 15 is 0 Å². The first-order chi connectivity index (χ1) is 14.5. The van der Waals surface area contributed by atoms with Gasteiger partial charge in [0.1, 0.15) is 11.2 Å². The standard InChI is InChI=1S/C23H32FN3O3/c24-20-6-2-1-4-18(20)15-26-11-7-17(8-12-26)14-27(16-19-5-3-13-30-19)22(29)23(9-10-23)21(25)28/h1-2,4,6,17,19H,3,5,7-16H2,(H2,25,28). The van der Waals surface area contributed by atoms with Crippen molar-refractivity contribution < 1.29 is 18.7 Å². The van der Waals surface area contributed by atoms with Crippen LogP contribution in [0.5, 0.6) is 0 Å². The summed E-state index contributed by atoms with van der Waals surface area (Å²) in [6.45, 7) is 4.29. The lowest BCUT2D eigenvalue weighted by molar-refractivity contribution is -0.145. The molecule has 1 atom stereocenters. The molecule has 7 heteroatoms. The first-order valence-electron chi connectivity index (χ1n) is 11.1. The number of rotatable bonds is 8. The number of hydrogen-bond donors (Lipinski definition) is 1. The summed E-state index contributed by atoms with van der Waals surface area (Å²) in [6, 6.07) is 6.92. The van der Waals surface area contributed by atoms with E-state index in [1.807, 2.05) is 17.0 Å². The van der Waals surface area contributed by atoms with Crippen molar-refractivity contribution in [2.75, 3.05) is 32.8 Å². The Balaban J connectivity index is 1.34. The molecule has 3 fully saturated rings. The summed E-state index contributed by atoms with van der Waals surface area (Å²) in [5.41, 5.74) is 5.30. The topological polar surface area (TPSA) is 75.9 Å². The predicted octanol–water partition coefficient (Wildman–Crippen LogP) is 2.31. The summed E-state index contributed by atoms with van der Waals surface area (Å²) in [4.78, 5) is 29.2. The van der Waals surface area contributed by atoms with E-state index in [9.17, 15) is 14.0 Å². The summed E-state index contributed by atoms with van der Waals surface area (Å²) < 4.78 is 19.7. The number of benzene rings is 1. The minimum Gasteiger partial charge on any atom is -0.376 e. The monoisotopic (exact) mass is 417 g/mol. The second kappa shape index (κ2) is 9.02. The van der Waals surface area contributed by atoms with Crippen molar-refractivity contribution in [2.45, 2.75) is 51.2 Å². The first-order valence-corrected chi connectivity index (χ1v) is 11.1. The molecule has 0 spiro atoms. The van der Waals surface area contributed by atoms with Crippen LogP contribution in [0.2, 0.25) is 0 Å². The smallest absolute Gasteiger partial charge is 0.238 e. The molecule has 1 aromatic rings. The third-order valence-corrected chi connectivity index (χ3v) is 6.90. The van der Waals surface area contributed by atoms with Crippen LogP contribution in [-0.2, 0) is 20.9 Å². The van der Waals surface area contributed by atoms with E-state index in [-0.39, 0.29) is 17.8 Å². The van der Waals surface area contributed by atoms with Crippen LogP contribution in [0.25, 0.3) is 0 Å². The van der Waals surface area contributed by atoms with E-state index < -0.39 is 11.3 Å². The Labute approximate surface area is 177 Å². The first kappa shape index (κ1) is 21.2.